The summed E-state index contributed by atoms with van der Waals surface area (Å²) in [7, 11) is 0. The number of carbonyl (C=O) groups excluding carboxylic acids is 13. The minimum absolute atomic E-state index is 0.000920. The number of carboxylic acids is 2. The molecule has 1 aliphatic rings. The standard InChI is InChI=1S/C80H117N19O24/c1-10-39(4)61(78(121)99-30-12-14-59(99)73(116)92-58(35-48-36-84-37-86-48)72(115)89-54(27-28-60(107)108)67(110)91-56(33-46-17-23-50(105)24-18-46)71(114)90-55(31-38(2)3)69(112)87-40(5)79(122)123)94-75(118)64(43(8)102)97-77(120)65(44(9)103)98-76(119)63(42(7)101)96-68(111)53(13-11-29-85-80(82)83)88-70(113)57(34-47-19-25-51(106)26-20-47)93-74(117)62(41(6)100)95-66(109)52(81)32-45-15-21-49(104)22-16-45/h15-26,36-44,52-59,61-65,100-106H,10-14,27-35,81H2,1-9H3,(H,84,86)(H,87,112)(H,88,113)(H,89,115)(H,90,114)(H,91,110)(H,92,116)(H,93,117)(H,94,118)(H,95,109)(H,96,111)(H,97,120)(H,98,119)(H,107,108)(H,122,123)(H4,82,83,85)/t39-,40-,41+,42+,43+,44+,52-,53-,54-,55-,56-,57-,58-,59-,61-,62-,63-,64-,65-/m0/s1. The average Bonchev–Trinajstić information content (AvgIpc) is 1.69. The summed E-state index contributed by atoms with van der Waals surface area (Å²) in [4.78, 5) is 218. The first kappa shape index (κ1) is 101. The van der Waals surface area contributed by atoms with Crippen molar-refractivity contribution < 1.29 is 118 Å². The van der Waals surface area contributed by atoms with Crippen molar-refractivity contribution in [2.24, 2.45) is 23.3 Å². The van der Waals surface area contributed by atoms with Gasteiger partial charge in [-0.1, -0.05) is 70.5 Å². The smallest absolute Gasteiger partial charge is 0.325 e. The van der Waals surface area contributed by atoms with E-state index in [0.29, 0.717) is 16.7 Å². The number of likely N-dealkylation sites (tertiary alicyclic amines) is 1. The molecule has 1 aliphatic heterocycles. The van der Waals surface area contributed by atoms with Crippen LogP contribution in [0.25, 0.3) is 0 Å². The van der Waals surface area contributed by atoms with Crippen LogP contribution in [0.5, 0.6) is 17.2 Å². The van der Waals surface area contributed by atoms with Gasteiger partial charge < -0.3 is 136 Å². The number of nitrogens with two attached hydrogens (primary N) is 2. The lowest BCUT2D eigenvalue weighted by atomic mass is 9.96. The molecule has 19 atom stereocenters. The number of aromatic hydroxyl groups is 3. The van der Waals surface area contributed by atoms with Crippen LogP contribution in [0.2, 0.25) is 0 Å². The van der Waals surface area contributed by atoms with E-state index in [0.717, 1.165) is 25.7 Å². The molecule has 1 saturated heterocycles. The van der Waals surface area contributed by atoms with Gasteiger partial charge in [0.1, 0.15) is 95.8 Å². The van der Waals surface area contributed by atoms with E-state index < -0.39 is 222 Å². The first-order valence-corrected chi connectivity index (χ1v) is 40.1. The number of aliphatic hydroxyl groups is 4. The molecular formula is C80H117N19O24. The fraction of sp³-hybridized carbons (Fsp3) is 0.537. The lowest BCUT2D eigenvalue weighted by Gasteiger charge is -2.33. The number of amides is 13. The van der Waals surface area contributed by atoms with Crippen molar-refractivity contribution >= 4 is 94.7 Å². The van der Waals surface area contributed by atoms with Crippen LogP contribution in [0.3, 0.4) is 0 Å². The first-order valence-electron chi connectivity index (χ1n) is 40.1. The second-order valence-electron chi connectivity index (χ2n) is 30.9. The molecule has 1 fully saturated rings. The summed E-state index contributed by atoms with van der Waals surface area (Å²) in [6.45, 7) is 12.1. The Morgan fingerprint density at radius 3 is 1.29 bits per heavy atom. The molecule has 43 heteroatoms. The molecule has 0 unspecified atom stereocenters. The third kappa shape index (κ3) is 32.7. The third-order valence-corrected chi connectivity index (χ3v) is 20.2. The highest BCUT2D eigenvalue weighted by Crippen LogP contribution is 2.24. The fourth-order valence-electron chi connectivity index (χ4n) is 13.0. The summed E-state index contributed by atoms with van der Waals surface area (Å²) in [5.41, 5.74) is 13.1. The number of aromatic amines is 1. The van der Waals surface area contributed by atoms with E-state index in [1.165, 1.54) is 99.2 Å². The fourth-order valence-corrected chi connectivity index (χ4v) is 13.0. The van der Waals surface area contributed by atoms with Gasteiger partial charge in [0, 0.05) is 45.0 Å². The SMILES string of the molecule is CC[C@H](C)[C@H](NC(=O)[C@@H](NC(=O)[C@@H](NC(=O)[C@@H](NC(=O)[C@H](CCCNC(=N)N)NC(=O)[C@H](Cc1ccc(O)cc1)NC(=O)[C@@H](NC(=O)[C@@H](N)Cc1ccc(O)cc1)[C@@H](C)O)[C@@H](C)O)[C@@H](C)O)[C@@H](C)O)C(=O)N1CCC[C@H]1C(=O)N[C@@H](Cc1c[nH]cn1)C(=O)N[C@@H](CCC(=O)O)C(=O)N[C@@H](Cc1ccc(O)cc1)C(=O)N[C@@H](CC(C)C)C(=O)N[C@@H](C)C(=O)O. The summed E-state index contributed by atoms with van der Waals surface area (Å²) in [6.07, 6.45) is -6.98. The van der Waals surface area contributed by atoms with Crippen LogP contribution in [-0.2, 0) is 97.6 Å². The number of hydrogen-bond donors (Lipinski definition) is 26. The summed E-state index contributed by atoms with van der Waals surface area (Å²) < 4.78 is 0. The molecule has 4 aromatic rings. The minimum Gasteiger partial charge on any atom is -0.508 e. The molecule has 3 aromatic carbocycles. The van der Waals surface area contributed by atoms with Crippen molar-refractivity contribution in [1.29, 1.82) is 5.41 Å². The first-order chi connectivity index (χ1) is 57.9. The van der Waals surface area contributed by atoms with E-state index in [2.05, 4.69) is 79.1 Å². The van der Waals surface area contributed by atoms with Gasteiger partial charge in [0.2, 0.25) is 76.8 Å². The molecule has 5 rings (SSSR count). The van der Waals surface area contributed by atoms with Crippen molar-refractivity contribution in [3.8, 4) is 17.2 Å². The molecule has 0 saturated carbocycles. The second kappa shape index (κ2) is 48.7. The maximum absolute atomic E-state index is 15.0. The Kier molecular flexibility index (Phi) is 40.0. The van der Waals surface area contributed by atoms with Crippen LogP contribution in [0.1, 0.15) is 136 Å². The number of nitrogens with zero attached hydrogens (tertiary/aromatic N) is 2. The van der Waals surface area contributed by atoms with Crippen LogP contribution >= 0.6 is 0 Å². The van der Waals surface area contributed by atoms with Crippen molar-refractivity contribution in [2.75, 3.05) is 13.1 Å². The van der Waals surface area contributed by atoms with Crippen LogP contribution < -0.4 is 80.6 Å². The Bertz CT molecular complexity index is 4270. The molecule has 2 heterocycles. The van der Waals surface area contributed by atoms with Gasteiger partial charge in [-0.3, -0.25) is 77.3 Å². The van der Waals surface area contributed by atoms with Crippen molar-refractivity contribution in [3.05, 3.63) is 108 Å². The van der Waals surface area contributed by atoms with E-state index in [4.69, 9.17) is 16.9 Å². The monoisotopic (exact) mass is 1730 g/mol. The third-order valence-electron chi connectivity index (χ3n) is 20.2. The van der Waals surface area contributed by atoms with Gasteiger partial charge in [-0.25, -0.2) is 4.98 Å². The van der Waals surface area contributed by atoms with Gasteiger partial charge in [0.15, 0.2) is 5.96 Å². The largest absolute Gasteiger partial charge is 0.508 e. The summed E-state index contributed by atoms with van der Waals surface area (Å²) in [5.74, 6) is -18.6. The van der Waals surface area contributed by atoms with Gasteiger partial charge in [0.25, 0.3) is 0 Å². The number of carboxylic acid groups (broad SMARTS) is 2. The number of aliphatic carboxylic acids is 2. The Hall–Kier alpha value is -12.6. The highest BCUT2D eigenvalue weighted by molar-refractivity contribution is 6.01. The number of guanidine groups is 1. The summed E-state index contributed by atoms with van der Waals surface area (Å²) in [6, 6.07) is -6.51. The van der Waals surface area contributed by atoms with Crippen LogP contribution in [0.15, 0.2) is 85.3 Å². The van der Waals surface area contributed by atoms with E-state index in [1.54, 1.807) is 27.7 Å². The molecule has 13 amide bonds. The Labute approximate surface area is 708 Å². The number of carbonyl (C=O) groups is 15. The van der Waals surface area contributed by atoms with E-state index >= 15 is 0 Å². The maximum Gasteiger partial charge on any atom is 0.325 e. The van der Waals surface area contributed by atoms with E-state index in [9.17, 15) is 118 Å². The van der Waals surface area contributed by atoms with Crippen LogP contribution in [0.4, 0.5) is 0 Å². The topological polar surface area (TPSA) is 702 Å². The number of aliphatic hydroxyl groups excluding tert-OH is 4. The molecule has 0 spiro atoms. The normalized spacial score (nSPS) is 16.9. The van der Waals surface area contributed by atoms with Gasteiger partial charge in [-0.15, -0.1) is 0 Å². The van der Waals surface area contributed by atoms with Gasteiger partial charge in [-0.2, -0.15) is 0 Å². The van der Waals surface area contributed by atoms with Crippen molar-refractivity contribution in [3.63, 3.8) is 0 Å². The number of imidazole rings is 1. The molecule has 0 radical (unpaired) electrons. The number of rotatable bonds is 49. The zero-order valence-electron chi connectivity index (χ0n) is 69.7. The zero-order valence-corrected chi connectivity index (χ0v) is 69.7. The van der Waals surface area contributed by atoms with E-state index in [1.807, 2.05) is 0 Å². The number of phenolic OH excluding ortho intramolecular Hbond substituents is 3. The lowest BCUT2D eigenvalue weighted by molar-refractivity contribution is -0.144. The molecule has 1 aromatic heterocycles. The quantitative estimate of drug-likeness (QED) is 0.0112. The zero-order chi connectivity index (χ0) is 91.8. The number of aromatic nitrogens is 2. The molecular weight excluding hydrogens is 1610 g/mol. The number of hydrogen-bond acceptors (Lipinski definition) is 25. The molecule has 0 aliphatic carbocycles. The summed E-state index contributed by atoms with van der Waals surface area (Å²) >= 11 is 0. The highest BCUT2D eigenvalue weighted by atomic mass is 16.4. The van der Waals surface area contributed by atoms with Crippen LogP contribution in [-0.4, -0.2) is 278 Å². The minimum atomic E-state index is -2.07. The maximum atomic E-state index is 15.0. The summed E-state index contributed by atoms with van der Waals surface area (Å²) in [5, 5.41) is 133. The van der Waals surface area contributed by atoms with Crippen molar-refractivity contribution in [1.82, 2.24) is 84.0 Å². The Morgan fingerprint density at radius 2 is 0.870 bits per heavy atom. The Balaban J connectivity index is 1.35. The molecule has 28 N–H and O–H groups in total. The van der Waals surface area contributed by atoms with Gasteiger partial charge >= 0.3 is 11.9 Å². The predicted octanol–water partition coefficient (Wildman–Crippen LogP) is -5.22. The predicted molar refractivity (Wildman–Crippen MR) is 439 cm³/mol. The molecule has 676 valence electrons. The Morgan fingerprint density at radius 1 is 0.488 bits per heavy atom. The van der Waals surface area contributed by atoms with E-state index in [-0.39, 0.29) is 106 Å². The second-order valence-corrected chi connectivity index (χ2v) is 30.9. The average molecular weight is 1730 g/mol. The number of nitrogens with one attached hydrogen (secondary N) is 15. The van der Waals surface area contributed by atoms with Gasteiger partial charge in [-0.05, 0) is 144 Å². The van der Waals surface area contributed by atoms with Crippen LogP contribution in [0, 0.1) is 17.2 Å². The highest BCUT2D eigenvalue weighted by Gasteiger charge is 2.44. The molecule has 0 bridgehead atoms. The lowest BCUT2D eigenvalue weighted by Crippen LogP contribution is -2.65. The van der Waals surface area contributed by atoms with Crippen molar-refractivity contribution in [2.45, 2.75) is 248 Å². The number of benzene rings is 3. The molecule has 43 nitrogen and oxygen atoms in total. The number of H-pyrrole nitrogens is 1. The molecule has 123 heavy (non-hydrogen) atoms. The van der Waals surface area contributed by atoms with Gasteiger partial charge in [0.05, 0.1) is 42.5 Å². The number of phenols is 3.